The average molecular weight is 151 g/mol. The molecule has 0 amide bonds. The molecular weight excluding hydrogens is 139 g/mol. The van der Waals surface area contributed by atoms with Crippen LogP contribution < -0.4 is 0 Å². The van der Waals surface area contributed by atoms with Crippen LogP contribution in [0.25, 0.3) is 0 Å². The Morgan fingerprint density at radius 3 is 2.82 bits per heavy atom. The monoisotopic (exact) mass is 151 g/mol. The molecule has 1 heteroatoms. The summed E-state index contributed by atoms with van der Waals surface area (Å²) in [5.74, 6) is -0.115. The summed E-state index contributed by atoms with van der Waals surface area (Å²) in [5, 5.41) is 0. The summed E-state index contributed by atoms with van der Waals surface area (Å²) in [7, 11) is 0. The fraction of sp³-hybridized carbons (Fsp3) is 0.300. The van der Waals surface area contributed by atoms with Crippen molar-refractivity contribution in [1.29, 1.82) is 0 Å². The van der Waals surface area contributed by atoms with E-state index in [4.69, 9.17) is 0 Å². The van der Waals surface area contributed by atoms with Crippen molar-refractivity contribution < 1.29 is 4.39 Å². The molecule has 0 saturated heterocycles. The number of hydrogen-bond acceptors (Lipinski definition) is 0. The number of aryl methyl sites for hydroxylation is 1. The van der Waals surface area contributed by atoms with Gasteiger partial charge >= 0.3 is 0 Å². The molecule has 0 fully saturated rings. The molecule has 1 radical (unpaired) electrons. The lowest BCUT2D eigenvalue weighted by molar-refractivity contribution is 0.615. The number of rotatable bonds is 2. The van der Waals surface area contributed by atoms with Crippen LogP contribution in [-0.4, -0.2) is 0 Å². The molecular formula is C10H12F. The van der Waals surface area contributed by atoms with Crippen LogP contribution in [0, 0.1) is 19.7 Å². The van der Waals surface area contributed by atoms with Gasteiger partial charge < -0.3 is 0 Å². The molecule has 0 atom stereocenters. The van der Waals surface area contributed by atoms with Crippen molar-refractivity contribution in [3.63, 3.8) is 0 Å². The lowest BCUT2D eigenvalue weighted by Crippen LogP contribution is -1.91. The Balaban J connectivity index is 2.96. The van der Waals surface area contributed by atoms with Gasteiger partial charge in [-0.05, 0) is 37.0 Å². The van der Waals surface area contributed by atoms with Gasteiger partial charge in [-0.3, -0.25) is 0 Å². The van der Waals surface area contributed by atoms with Crippen LogP contribution in [0.1, 0.15) is 17.5 Å². The Morgan fingerprint density at radius 2 is 2.18 bits per heavy atom. The lowest BCUT2D eigenvalue weighted by Gasteiger charge is -2.03. The molecule has 0 unspecified atom stereocenters. The molecule has 1 aromatic rings. The van der Waals surface area contributed by atoms with Gasteiger partial charge in [-0.25, -0.2) is 4.39 Å². The maximum atomic E-state index is 12.9. The Labute approximate surface area is 67.1 Å². The molecule has 0 aromatic heterocycles. The van der Waals surface area contributed by atoms with Gasteiger partial charge in [-0.2, -0.15) is 0 Å². The predicted molar refractivity (Wildman–Crippen MR) is 44.8 cm³/mol. The van der Waals surface area contributed by atoms with E-state index in [1.165, 1.54) is 6.07 Å². The van der Waals surface area contributed by atoms with Crippen LogP contribution in [0.4, 0.5) is 4.39 Å². The van der Waals surface area contributed by atoms with Gasteiger partial charge in [-0.1, -0.05) is 19.1 Å². The third kappa shape index (κ3) is 1.79. The van der Waals surface area contributed by atoms with E-state index in [9.17, 15) is 4.39 Å². The summed E-state index contributed by atoms with van der Waals surface area (Å²) in [6.45, 7) is 5.54. The molecule has 0 nitrogen and oxygen atoms in total. The van der Waals surface area contributed by atoms with E-state index in [1.807, 2.05) is 6.07 Å². The molecule has 1 rings (SSSR count). The van der Waals surface area contributed by atoms with Crippen molar-refractivity contribution in [2.45, 2.75) is 19.8 Å². The minimum atomic E-state index is -0.115. The molecule has 0 N–H and O–H groups in total. The highest BCUT2D eigenvalue weighted by molar-refractivity contribution is 5.27. The molecule has 0 spiro atoms. The van der Waals surface area contributed by atoms with Gasteiger partial charge in [0.05, 0.1) is 0 Å². The van der Waals surface area contributed by atoms with Crippen LogP contribution in [-0.2, 0) is 6.42 Å². The topological polar surface area (TPSA) is 0 Å². The van der Waals surface area contributed by atoms with E-state index >= 15 is 0 Å². The van der Waals surface area contributed by atoms with Gasteiger partial charge in [0.2, 0.25) is 0 Å². The van der Waals surface area contributed by atoms with E-state index < -0.39 is 0 Å². The number of benzene rings is 1. The summed E-state index contributed by atoms with van der Waals surface area (Å²) >= 11 is 0. The first-order valence-corrected chi connectivity index (χ1v) is 3.79. The smallest absolute Gasteiger partial charge is 0.126 e. The maximum absolute atomic E-state index is 12.9. The second kappa shape index (κ2) is 3.51. The first-order valence-electron chi connectivity index (χ1n) is 3.79. The molecule has 59 valence electrons. The van der Waals surface area contributed by atoms with E-state index in [2.05, 4.69) is 6.92 Å². The zero-order chi connectivity index (χ0) is 8.27. The Kier molecular flexibility index (Phi) is 2.64. The fourth-order valence-corrected chi connectivity index (χ4v) is 1.11. The fourth-order valence-electron chi connectivity index (χ4n) is 1.11. The van der Waals surface area contributed by atoms with Crippen molar-refractivity contribution in [3.8, 4) is 0 Å². The lowest BCUT2D eigenvalue weighted by atomic mass is 10.0. The highest BCUT2D eigenvalue weighted by atomic mass is 19.1. The molecule has 0 saturated carbocycles. The molecule has 11 heavy (non-hydrogen) atoms. The van der Waals surface area contributed by atoms with E-state index in [-0.39, 0.29) is 5.82 Å². The largest absolute Gasteiger partial charge is 0.207 e. The van der Waals surface area contributed by atoms with E-state index in [1.54, 1.807) is 13.0 Å². The van der Waals surface area contributed by atoms with Crippen molar-refractivity contribution in [2.24, 2.45) is 0 Å². The standard InChI is InChI=1S/C10H12F/c1-3-5-9-6-4-7-10(11)8(9)2/h4,6-7H,1,3,5H2,2H3. The van der Waals surface area contributed by atoms with E-state index in [0.29, 0.717) is 0 Å². The van der Waals surface area contributed by atoms with Gasteiger partial charge in [0.1, 0.15) is 5.82 Å². The second-order valence-corrected chi connectivity index (χ2v) is 2.63. The molecule has 1 aromatic carbocycles. The van der Waals surface area contributed by atoms with Crippen molar-refractivity contribution >= 4 is 0 Å². The van der Waals surface area contributed by atoms with Crippen molar-refractivity contribution in [2.75, 3.05) is 0 Å². The summed E-state index contributed by atoms with van der Waals surface area (Å²) < 4.78 is 12.9. The van der Waals surface area contributed by atoms with E-state index in [0.717, 1.165) is 24.0 Å². The third-order valence-electron chi connectivity index (χ3n) is 1.83. The highest BCUT2D eigenvalue weighted by Crippen LogP contribution is 2.13. The van der Waals surface area contributed by atoms with Crippen molar-refractivity contribution in [1.82, 2.24) is 0 Å². The third-order valence-corrected chi connectivity index (χ3v) is 1.83. The zero-order valence-electron chi connectivity index (χ0n) is 6.73. The first kappa shape index (κ1) is 8.25. The van der Waals surface area contributed by atoms with Crippen LogP contribution >= 0.6 is 0 Å². The normalized spacial score (nSPS) is 10.1. The quantitative estimate of drug-likeness (QED) is 0.609. The Hall–Kier alpha value is -0.850. The summed E-state index contributed by atoms with van der Waals surface area (Å²) in [5.41, 5.74) is 1.83. The van der Waals surface area contributed by atoms with Gasteiger partial charge in [0, 0.05) is 0 Å². The van der Waals surface area contributed by atoms with Crippen LogP contribution in [0.5, 0.6) is 0 Å². The molecule has 0 heterocycles. The molecule has 0 bridgehead atoms. The maximum Gasteiger partial charge on any atom is 0.126 e. The molecule has 0 aliphatic heterocycles. The number of halogens is 1. The SMILES string of the molecule is [CH2]CCc1cccc(F)c1C. The minimum absolute atomic E-state index is 0.115. The van der Waals surface area contributed by atoms with Gasteiger partial charge in [0.15, 0.2) is 0 Å². The Bertz CT molecular complexity index is 241. The summed E-state index contributed by atoms with van der Waals surface area (Å²) in [6.07, 6.45) is 1.69. The zero-order valence-corrected chi connectivity index (χ0v) is 6.73. The minimum Gasteiger partial charge on any atom is -0.207 e. The van der Waals surface area contributed by atoms with Crippen LogP contribution in [0.2, 0.25) is 0 Å². The predicted octanol–water partition coefficient (Wildman–Crippen LogP) is 2.90. The molecule has 0 aliphatic rings. The van der Waals surface area contributed by atoms with Crippen LogP contribution in [0.15, 0.2) is 18.2 Å². The highest BCUT2D eigenvalue weighted by Gasteiger charge is 2.00. The first-order chi connectivity index (χ1) is 5.25. The van der Waals surface area contributed by atoms with Gasteiger partial charge in [0.25, 0.3) is 0 Å². The average Bonchev–Trinajstić information content (AvgIpc) is 1.99. The summed E-state index contributed by atoms with van der Waals surface area (Å²) in [6, 6.07) is 5.18. The van der Waals surface area contributed by atoms with Crippen LogP contribution in [0.3, 0.4) is 0 Å². The van der Waals surface area contributed by atoms with Gasteiger partial charge in [-0.15, -0.1) is 0 Å². The second-order valence-electron chi connectivity index (χ2n) is 2.63. The number of hydrogen-bond donors (Lipinski definition) is 0. The summed E-state index contributed by atoms with van der Waals surface area (Å²) in [4.78, 5) is 0. The van der Waals surface area contributed by atoms with Crippen molar-refractivity contribution in [3.05, 3.63) is 42.1 Å². The molecule has 0 aliphatic carbocycles. The Morgan fingerprint density at radius 1 is 1.45 bits per heavy atom.